The van der Waals surface area contributed by atoms with Gasteiger partial charge < -0.3 is 4.42 Å². The van der Waals surface area contributed by atoms with Gasteiger partial charge in [0.2, 0.25) is 0 Å². The maximum absolute atomic E-state index is 6.84. The number of furan rings is 1. The molecule has 0 unspecified atom stereocenters. The fourth-order valence-corrected chi connectivity index (χ4v) is 7.41. The molecule has 0 atom stereocenters. The van der Waals surface area contributed by atoms with Crippen LogP contribution in [0.3, 0.4) is 0 Å². The first-order valence-electron chi connectivity index (χ1n) is 17.4. The highest BCUT2D eigenvalue weighted by Gasteiger charge is 2.22. The van der Waals surface area contributed by atoms with Crippen LogP contribution < -0.4 is 0 Å². The lowest BCUT2D eigenvalue weighted by Gasteiger charge is -2.13. The first-order valence-corrected chi connectivity index (χ1v) is 17.4. The van der Waals surface area contributed by atoms with Crippen LogP contribution in [0.5, 0.6) is 0 Å². The van der Waals surface area contributed by atoms with E-state index in [1.165, 1.54) is 21.9 Å². The molecule has 0 aliphatic heterocycles. The van der Waals surface area contributed by atoms with Crippen LogP contribution in [0, 0.1) is 0 Å². The molecule has 7 aromatic carbocycles. The largest absolute Gasteiger partial charge is 0.455 e. The Morgan fingerprint density at radius 3 is 2.00 bits per heavy atom. The van der Waals surface area contributed by atoms with Crippen molar-refractivity contribution in [2.75, 3.05) is 0 Å². The molecule has 10 rings (SSSR count). The summed E-state index contributed by atoms with van der Waals surface area (Å²) in [6.45, 7) is 0. The molecule has 0 amide bonds. The molecule has 9 aromatic rings. The number of allylic oxidation sites excluding steroid dienone is 4. The molecule has 2 aromatic heterocycles. The Bertz CT molecular complexity index is 2850. The lowest BCUT2D eigenvalue weighted by molar-refractivity contribution is 0.670. The first kappa shape index (κ1) is 29.3. The molecule has 2 heterocycles. The Morgan fingerprint density at radius 2 is 1.16 bits per heavy atom. The molecule has 1 aliphatic rings. The van der Waals surface area contributed by atoms with Gasteiger partial charge in [-0.15, -0.1) is 0 Å². The third-order valence-corrected chi connectivity index (χ3v) is 10.00. The number of fused-ring (bicyclic) bond motifs is 6. The van der Waals surface area contributed by atoms with Crippen LogP contribution in [0.4, 0.5) is 0 Å². The zero-order chi connectivity index (χ0) is 33.7. The van der Waals surface area contributed by atoms with Gasteiger partial charge in [0.1, 0.15) is 11.2 Å². The SMILES string of the molecule is C1=CCCC(c2nc(-c3ccccc3)nc(-c3ccc(-c4ccc(-c5ccc6ccccc6c5)cc4)c4oc5ccc6ccccc6c5c34)n2)=C1. The molecular formula is C47H31N3O. The monoisotopic (exact) mass is 653 g/mol. The third-order valence-electron chi connectivity index (χ3n) is 10.00. The van der Waals surface area contributed by atoms with E-state index in [0.29, 0.717) is 17.5 Å². The van der Waals surface area contributed by atoms with Crippen molar-refractivity contribution >= 4 is 49.1 Å². The first-order chi connectivity index (χ1) is 25.3. The van der Waals surface area contributed by atoms with E-state index in [9.17, 15) is 0 Å². The Labute approximate surface area is 295 Å². The molecule has 1 aliphatic carbocycles. The van der Waals surface area contributed by atoms with E-state index in [2.05, 4.69) is 146 Å². The van der Waals surface area contributed by atoms with E-state index in [1.807, 2.05) is 18.2 Å². The van der Waals surface area contributed by atoms with E-state index >= 15 is 0 Å². The number of benzene rings is 7. The summed E-state index contributed by atoms with van der Waals surface area (Å²) in [7, 11) is 0. The summed E-state index contributed by atoms with van der Waals surface area (Å²) in [5.74, 6) is 2.00. The Morgan fingerprint density at radius 1 is 0.471 bits per heavy atom. The Kier molecular flexibility index (Phi) is 6.91. The normalized spacial score (nSPS) is 13.0. The van der Waals surface area contributed by atoms with Crippen molar-refractivity contribution in [2.45, 2.75) is 12.8 Å². The third kappa shape index (κ3) is 5.12. The average Bonchev–Trinajstić information content (AvgIpc) is 3.61. The Hall–Kier alpha value is -6.65. The quantitative estimate of drug-likeness (QED) is 0.185. The summed E-state index contributed by atoms with van der Waals surface area (Å²) in [6.07, 6.45) is 8.25. The van der Waals surface area contributed by atoms with Crippen molar-refractivity contribution in [1.29, 1.82) is 0 Å². The van der Waals surface area contributed by atoms with Crippen molar-refractivity contribution in [3.05, 3.63) is 170 Å². The molecule has 51 heavy (non-hydrogen) atoms. The minimum absolute atomic E-state index is 0.633. The van der Waals surface area contributed by atoms with Gasteiger partial charge in [-0.2, -0.15) is 0 Å². The number of aromatic nitrogens is 3. The number of hydrogen-bond donors (Lipinski definition) is 0. The van der Waals surface area contributed by atoms with E-state index in [-0.39, 0.29) is 0 Å². The summed E-state index contributed by atoms with van der Waals surface area (Å²) >= 11 is 0. The molecule has 0 radical (unpaired) electrons. The zero-order valence-electron chi connectivity index (χ0n) is 27.8. The molecule has 0 fully saturated rings. The van der Waals surface area contributed by atoms with Gasteiger partial charge in [0.05, 0.1) is 0 Å². The Balaban J connectivity index is 1.19. The highest BCUT2D eigenvalue weighted by atomic mass is 16.3. The van der Waals surface area contributed by atoms with E-state index < -0.39 is 0 Å². The second-order valence-corrected chi connectivity index (χ2v) is 13.1. The van der Waals surface area contributed by atoms with Crippen LogP contribution in [0.2, 0.25) is 0 Å². The lowest BCUT2D eigenvalue weighted by Crippen LogP contribution is -2.04. The van der Waals surface area contributed by atoms with Crippen molar-refractivity contribution in [2.24, 2.45) is 0 Å². The zero-order valence-corrected chi connectivity index (χ0v) is 27.8. The lowest BCUT2D eigenvalue weighted by atomic mass is 9.94. The summed E-state index contributed by atoms with van der Waals surface area (Å²) < 4.78 is 6.84. The smallest absolute Gasteiger partial charge is 0.164 e. The number of rotatable bonds is 5. The van der Waals surface area contributed by atoms with Gasteiger partial charge in [0.25, 0.3) is 0 Å². The summed E-state index contributed by atoms with van der Waals surface area (Å²) in [5.41, 5.74) is 9.12. The predicted molar refractivity (Wildman–Crippen MR) is 210 cm³/mol. The summed E-state index contributed by atoms with van der Waals surface area (Å²) in [6, 6.07) is 51.1. The maximum atomic E-state index is 6.84. The average molecular weight is 654 g/mol. The van der Waals surface area contributed by atoms with Crippen LogP contribution >= 0.6 is 0 Å². The van der Waals surface area contributed by atoms with Crippen LogP contribution in [0.15, 0.2) is 168 Å². The highest BCUT2D eigenvalue weighted by molar-refractivity contribution is 6.24. The second-order valence-electron chi connectivity index (χ2n) is 13.1. The van der Waals surface area contributed by atoms with Crippen molar-refractivity contribution in [3.63, 3.8) is 0 Å². The van der Waals surface area contributed by atoms with Gasteiger partial charge >= 0.3 is 0 Å². The molecule has 0 saturated heterocycles. The van der Waals surface area contributed by atoms with Gasteiger partial charge in [-0.25, -0.2) is 15.0 Å². The molecule has 0 bridgehead atoms. The second kappa shape index (κ2) is 12.0. The molecule has 0 spiro atoms. The summed E-state index contributed by atoms with van der Waals surface area (Å²) in [5, 5.41) is 6.84. The molecule has 240 valence electrons. The molecule has 4 nitrogen and oxygen atoms in total. The molecule has 0 N–H and O–H groups in total. The van der Waals surface area contributed by atoms with Crippen LogP contribution in [0.25, 0.3) is 94.1 Å². The topological polar surface area (TPSA) is 51.8 Å². The fraction of sp³-hybridized carbons (Fsp3) is 0.0426. The number of hydrogen-bond acceptors (Lipinski definition) is 4. The minimum Gasteiger partial charge on any atom is -0.455 e. The van der Waals surface area contributed by atoms with Gasteiger partial charge in [0.15, 0.2) is 17.5 Å². The van der Waals surface area contributed by atoms with Crippen LogP contribution in [-0.4, -0.2) is 15.0 Å². The van der Waals surface area contributed by atoms with Crippen molar-refractivity contribution < 1.29 is 4.42 Å². The van der Waals surface area contributed by atoms with Gasteiger partial charge in [0, 0.05) is 27.5 Å². The van der Waals surface area contributed by atoms with Crippen LogP contribution in [-0.2, 0) is 0 Å². The highest BCUT2D eigenvalue weighted by Crippen LogP contribution is 2.44. The van der Waals surface area contributed by atoms with Crippen molar-refractivity contribution in [1.82, 2.24) is 15.0 Å². The summed E-state index contributed by atoms with van der Waals surface area (Å²) in [4.78, 5) is 15.3. The molecular weight excluding hydrogens is 623 g/mol. The number of nitrogens with zero attached hydrogens (tertiary/aromatic N) is 3. The fourth-order valence-electron chi connectivity index (χ4n) is 7.41. The van der Waals surface area contributed by atoms with Gasteiger partial charge in [-0.3, -0.25) is 0 Å². The van der Waals surface area contributed by atoms with E-state index in [4.69, 9.17) is 19.4 Å². The standard InChI is InChI=1S/C47H31N3O/c1-3-13-34(14-4-1)45-48-46(35-15-5-2-6-16-35)50-47(49-45)40-27-26-39(44-43(40)42-38-18-10-9-12-32(38)25-28-41(42)51-44)33-22-19-31(20-23-33)37-24-21-30-11-7-8-17-36(30)29-37/h1-5,7-15,17-29H,6,16H2. The van der Waals surface area contributed by atoms with Gasteiger partial charge in [-0.1, -0.05) is 140 Å². The van der Waals surface area contributed by atoms with Crippen molar-refractivity contribution in [3.8, 4) is 45.0 Å². The minimum atomic E-state index is 0.633. The molecule has 4 heteroatoms. The van der Waals surface area contributed by atoms with Crippen LogP contribution in [0.1, 0.15) is 18.7 Å². The molecule has 0 saturated carbocycles. The van der Waals surface area contributed by atoms with E-state index in [1.54, 1.807) is 0 Å². The van der Waals surface area contributed by atoms with E-state index in [0.717, 1.165) is 73.4 Å². The van der Waals surface area contributed by atoms with Gasteiger partial charge in [-0.05, 0) is 80.9 Å². The predicted octanol–water partition coefficient (Wildman–Crippen LogP) is 12.5. The maximum Gasteiger partial charge on any atom is 0.164 e.